The Morgan fingerprint density at radius 1 is 0.906 bits per heavy atom. The maximum absolute atomic E-state index is 12.7. The maximum atomic E-state index is 12.7. The van der Waals surface area contributed by atoms with Crippen LogP contribution in [0, 0.1) is 5.41 Å². The van der Waals surface area contributed by atoms with Crippen molar-refractivity contribution in [1.29, 1.82) is 0 Å². The van der Waals surface area contributed by atoms with Crippen LogP contribution < -0.4 is 9.47 Å². The zero-order chi connectivity index (χ0) is 21.6. The molecule has 3 fully saturated rings. The molecule has 1 aromatic carbocycles. The second-order valence-electron chi connectivity index (χ2n) is 10.00. The van der Waals surface area contributed by atoms with Gasteiger partial charge < -0.3 is 14.4 Å². The second kappa shape index (κ2) is 7.77. The molecule has 0 radical (unpaired) electrons. The van der Waals surface area contributed by atoms with Gasteiger partial charge in [-0.3, -0.25) is 14.7 Å². The molecule has 2 aromatic rings. The molecule has 6 rings (SSSR count). The number of para-hydroxylation sites is 1. The lowest BCUT2D eigenvalue weighted by Gasteiger charge is -2.47. The highest BCUT2D eigenvalue weighted by Crippen LogP contribution is 2.50. The third-order valence-electron chi connectivity index (χ3n) is 8.07. The van der Waals surface area contributed by atoms with Gasteiger partial charge in [0, 0.05) is 44.2 Å². The van der Waals surface area contributed by atoms with Crippen LogP contribution in [-0.2, 0) is 6.54 Å². The molecule has 2 spiro atoms. The summed E-state index contributed by atoms with van der Waals surface area (Å²) in [5.74, 6) is 1.59. The first kappa shape index (κ1) is 20.0. The van der Waals surface area contributed by atoms with Gasteiger partial charge in [-0.15, -0.1) is 0 Å². The van der Waals surface area contributed by atoms with E-state index in [1.165, 1.54) is 24.8 Å². The van der Waals surface area contributed by atoms with E-state index in [1.54, 1.807) is 6.20 Å². The van der Waals surface area contributed by atoms with E-state index in [9.17, 15) is 4.79 Å². The number of carbonyl (C=O) groups excluding carboxylic acids is 1. The lowest BCUT2D eigenvalue weighted by molar-refractivity contribution is -0.139. The summed E-state index contributed by atoms with van der Waals surface area (Å²) in [7, 11) is 0. The number of pyridine rings is 1. The smallest absolute Gasteiger partial charge is 0.272 e. The molecule has 0 bridgehead atoms. The quantitative estimate of drug-likeness (QED) is 0.724. The maximum Gasteiger partial charge on any atom is 0.272 e. The highest BCUT2D eigenvalue weighted by molar-refractivity contribution is 5.92. The van der Waals surface area contributed by atoms with Crippen molar-refractivity contribution in [2.24, 2.45) is 5.41 Å². The predicted octanol–water partition coefficient (Wildman–Crippen LogP) is 4.25. The third-order valence-corrected chi connectivity index (χ3v) is 8.07. The van der Waals surface area contributed by atoms with Crippen LogP contribution >= 0.6 is 0 Å². The largest absolute Gasteiger partial charge is 0.448 e. The van der Waals surface area contributed by atoms with E-state index in [-0.39, 0.29) is 11.7 Å². The highest BCUT2D eigenvalue weighted by Gasteiger charge is 2.48. The fourth-order valence-electron chi connectivity index (χ4n) is 5.72. The molecule has 3 aliphatic heterocycles. The summed E-state index contributed by atoms with van der Waals surface area (Å²) in [4.78, 5) is 21.5. The molecular formula is C26H31N3O3. The molecule has 1 saturated carbocycles. The van der Waals surface area contributed by atoms with Crippen LogP contribution in [0.3, 0.4) is 0 Å². The minimum Gasteiger partial charge on any atom is -0.448 e. The number of rotatable bonds is 3. The Hall–Kier alpha value is -2.60. The van der Waals surface area contributed by atoms with E-state index in [0.717, 1.165) is 69.9 Å². The number of carbonyl (C=O) groups is 1. The number of hydrogen-bond donors (Lipinski definition) is 0. The van der Waals surface area contributed by atoms with E-state index in [4.69, 9.17) is 9.47 Å². The van der Waals surface area contributed by atoms with Crippen molar-refractivity contribution in [2.75, 3.05) is 26.2 Å². The van der Waals surface area contributed by atoms with E-state index >= 15 is 0 Å². The first-order valence-electron chi connectivity index (χ1n) is 12.1. The van der Waals surface area contributed by atoms with Crippen LogP contribution in [0.25, 0.3) is 0 Å². The summed E-state index contributed by atoms with van der Waals surface area (Å²) in [5, 5.41) is 0. The Bertz CT molecular complexity index is 987. The number of nitrogens with zero attached hydrogens (tertiary/aromatic N) is 3. The summed E-state index contributed by atoms with van der Waals surface area (Å²) >= 11 is 0. The van der Waals surface area contributed by atoms with Gasteiger partial charge in [0.25, 0.3) is 11.7 Å². The fourth-order valence-corrected chi connectivity index (χ4v) is 5.72. The lowest BCUT2D eigenvalue weighted by atomic mass is 9.71. The standard InChI is InChI=1S/C26H31N3O3/c30-24(21-6-1-2-14-27-21)29-17-12-25(13-18-29)10-15-28(16-11-25)19-20-5-3-7-22-23(20)32-26(31-22)8-4-9-26/h1-3,5-7,14H,4,8-13,15-19H2. The molecule has 6 heteroatoms. The summed E-state index contributed by atoms with van der Waals surface area (Å²) in [5.41, 5.74) is 2.19. The van der Waals surface area contributed by atoms with Gasteiger partial charge in [-0.25, -0.2) is 0 Å². The van der Waals surface area contributed by atoms with E-state index in [0.29, 0.717) is 11.1 Å². The zero-order valence-corrected chi connectivity index (χ0v) is 18.6. The highest BCUT2D eigenvalue weighted by atomic mass is 16.7. The van der Waals surface area contributed by atoms with Crippen LogP contribution in [0.5, 0.6) is 11.5 Å². The average molecular weight is 434 g/mol. The van der Waals surface area contributed by atoms with Gasteiger partial charge >= 0.3 is 0 Å². The van der Waals surface area contributed by atoms with Crippen molar-refractivity contribution in [3.8, 4) is 11.5 Å². The van der Waals surface area contributed by atoms with Crippen molar-refractivity contribution in [1.82, 2.24) is 14.8 Å². The van der Waals surface area contributed by atoms with E-state index < -0.39 is 0 Å². The number of aromatic nitrogens is 1. The predicted molar refractivity (Wildman–Crippen MR) is 121 cm³/mol. The number of hydrogen-bond acceptors (Lipinski definition) is 5. The molecule has 32 heavy (non-hydrogen) atoms. The zero-order valence-electron chi connectivity index (χ0n) is 18.6. The van der Waals surface area contributed by atoms with Crippen molar-refractivity contribution >= 4 is 5.91 Å². The molecule has 0 atom stereocenters. The molecule has 168 valence electrons. The molecule has 1 aliphatic carbocycles. The van der Waals surface area contributed by atoms with Crippen LogP contribution in [-0.4, -0.2) is 52.7 Å². The van der Waals surface area contributed by atoms with Gasteiger partial charge in [0.2, 0.25) is 0 Å². The van der Waals surface area contributed by atoms with Gasteiger partial charge in [-0.1, -0.05) is 18.2 Å². The second-order valence-corrected chi connectivity index (χ2v) is 10.00. The van der Waals surface area contributed by atoms with Gasteiger partial charge in [-0.05, 0) is 68.8 Å². The Morgan fingerprint density at radius 3 is 2.38 bits per heavy atom. The van der Waals surface area contributed by atoms with E-state index in [1.807, 2.05) is 29.2 Å². The number of likely N-dealkylation sites (tertiary alicyclic amines) is 2. The van der Waals surface area contributed by atoms with Crippen LogP contribution in [0.1, 0.15) is 61.0 Å². The van der Waals surface area contributed by atoms with Crippen LogP contribution in [0.4, 0.5) is 0 Å². The Kier molecular flexibility index (Phi) is 4.86. The molecule has 6 nitrogen and oxygen atoms in total. The Labute approximate surface area is 189 Å². The van der Waals surface area contributed by atoms with Crippen molar-refractivity contribution < 1.29 is 14.3 Å². The Balaban J connectivity index is 1.04. The minimum absolute atomic E-state index is 0.0715. The molecule has 4 heterocycles. The normalized spacial score (nSPS) is 23.3. The number of fused-ring (bicyclic) bond motifs is 1. The van der Waals surface area contributed by atoms with Gasteiger partial charge in [-0.2, -0.15) is 0 Å². The number of amides is 1. The number of benzene rings is 1. The summed E-state index contributed by atoms with van der Waals surface area (Å²) in [6, 6.07) is 11.9. The SMILES string of the molecule is O=C(c1ccccn1)N1CCC2(CCN(Cc3cccc4c3OC3(CCC3)O4)CC2)CC1. The lowest BCUT2D eigenvalue weighted by Crippen LogP contribution is -2.48. The van der Waals surface area contributed by atoms with Gasteiger partial charge in [0.1, 0.15) is 5.69 Å². The topological polar surface area (TPSA) is 54.9 Å². The first-order valence-corrected chi connectivity index (χ1v) is 12.1. The molecule has 0 N–H and O–H groups in total. The van der Waals surface area contributed by atoms with Crippen molar-refractivity contribution in [3.63, 3.8) is 0 Å². The van der Waals surface area contributed by atoms with Crippen molar-refractivity contribution in [2.45, 2.75) is 57.3 Å². The monoisotopic (exact) mass is 433 g/mol. The molecule has 4 aliphatic rings. The molecule has 0 unspecified atom stereocenters. The van der Waals surface area contributed by atoms with Gasteiger partial charge in [0.15, 0.2) is 11.5 Å². The third kappa shape index (κ3) is 3.54. The fraction of sp³-hybridized carbons (Fsp3) is 0.538. The number of ether oxygens (including phenoxy) is 2. The molecule has 1 aromatic heterocycles. The molecular weight excluding hydrogens is 402 g/mol. The molecule has 2 saturated heterocycles. The summed E-state index contributed by atoms with van der Waals surface area (Å²) < 4.78 is 12.4. The minimum atomic E-state index is -0.370. The summed E-state index contributed by atoms with van der Waals surface area (Å²) in [6.45, 7) is 4.81. The average Bonchev–Trinajstić information content (AvgIpc) is 3.24. The number of piperidine rings is 2. The van der Waals surface area contributed by atoms with Crippen LogP contribution in [0.15, 0.2) is 42.6 Å². The first-order chi connectivity index (χ1) is 15.6. The van der Waals surface area contributed by atoms with E-state index in [2.05, 4.69) is 22.0 Å². The Morgan fingerprint density at radius 2 is 1.69 bits per heavy atom. The van der Waals surface area contributed by atoms with Gasteiger partial charge in [0.05, 0.1) is 0 Å². The van der Waals surface area contributed by atoms with Crippen molar-refractivity contribution in [3.05, 3.63) is 53.9 Å². The van der Waals surface area contributed by atoms with Crippen LogP contribution in [0.2, 0.25) is 0 Å². The molecule has 1 amide bonds. The summed E-state index contributed by atoms with van der Waals surface area (Å²) in [6.07, 6.45) is 9.46.